The molecule has 0 spiro atoms. The number of allylic oxidation sites excluding steroid dienone is 4. The summed E-state index contributed by atoms with van der Waals surface area (Å²) in [6.45, 7) is 13.8. The molecule has 0 N–H and O–H groups in total. The molecule has 5 aromatic rings. The molecule has 5 aromatic carbocycles. The van der Waals surface area contributed by atoms with Gasteiger partial charge in [-0.1, -0.05) is 106 Å². The van der Waals surface area contributed by atoms with Gasteiger partial charge in [0.15, 0.2) is 0 Å². The fourth-order valence-corrected chi connectivity index (χ4v) is 6.35. The number of halogens is 2. The molecule has 1 aliphatic rings. The number of hydrogen-bond donors (Lipinski definition) is 0. The van der Waals surface area contributed by atoms with Gasteiger partial charge < -0.3 is 24.8 Å². The summed E-state index contributed by atoms with van der Waals surface area (Å²) < 4.78 is 1.42. The molecule has 0 aliphatic heterocycles. The Morgan fingerprint density at radius 2 is 1.26 bits per heavy atom. The number of fused-ring (bicyclic) bond motifs is 3. The average molecular weight is 670 g/mol. The van der Waals surface area contributed by atoms with Crippen LogP contribution < -0.4 is 24.8 Å². The van der Waals surface area contributed by atoms with Crippen molar-refractivity contribution in [2.45, 2.75) is 58.8 Å². The topological polar surface area (TPSA) is 0 Å². The van der Waals surface area contributed by atoms with E-state index in [1.54, 1.807) is 0 Å². The number of hydrogen-bond acceptors (Lipinski definition) is 0. The van der Waals surface area contributed by atoms with E-state index in [0.717, 1.165) is 6.42 Å². The molecule has 42 heavy (non-hydrogen) atoms. The summed E-state index contributed by atoms with van der Waals surface area (Å²) in [6.07, 6.45) is 7.79. The van der Waals surface area contributed by atoms with Gasteiger partial charge in [0.05, 0.1) is 0 Å². The Morgan fingerprint density at radius 3 is 1.76 bits per heavy atom. The predicted molar refractivity (Wildman–Crippen MR) is 172 cm³/mol. The zero-order valence-corrected chi connectivity index (χ0v) is 29.4. The Morgan fingerprint density at radius 1 is 0.690 bits per heavy atom. The van der Waals surface area contributed by atoms with Crippen molar-refractivity contribution >= 4 is 30.3 Å². The van der Waals surface area contributed by atoms with E-state index in [1.807, 2.05) is 0 Å². The normalized spacial score (nSPS) is 12.7. The molecule has 0 aromatic heterocycles. The summed E-state index contributed by atoms with van der Waals surface area (Å²) in [7, 11) is 0. The molecule has 0 heterocycles. The van der Waals surface area contributed by atoms with Crippen molar-refractivity contribution in [1.29, 1.82) is 0 Å². The summed E-state index contributed by atoms with van der Waals surface area (Å²) in [6, 6.07) is 35.2. The van der Waals surface area contributed by atoms with Crippen molar-refractivity contribution in [1.82, 2.24) is 0 Å². The van der Waals surface area contributed by atoms with Crippen LogP contribution in [0.4, 0.5) is 0 Å². The summed E-state index contributed by atoms with van der Waals surface area (Å²) in [5, 5.41) is 5.54. The van der Waals surface area contributed by atoms with Crippen LogP contribution in [0.1, 0.15) is 75.8 Å². The summed E-state index contributed by atoms with van der Waals surface area (Å²) in [5.41, 5.74) is 8.72. The van der Waals surface area contributed by atoms with Gasteiger partial charge in [-0.2, -0.15) is 0 Å². The van der Waals surface area contributed by atoms with Gasteiger partial charge in [-0.3, -0.25) is 0 Å². The average Bonchev–Trinajstić information content (AvgIpc) is 3.60. The molecule has 214 valence electrons. The Labute approximate surface area is 279 Å². The van der Waals surface area contributed by atoms with Gasteiger partial charge in [0.1, 0.15) is 0 Å². The summed E-state index contributed by atoms with van der Waals surface area (Å²) in [5.74, 6) is 0. The van der Waals surface area contributed by atoms with Gasteiger partial charge in [0.25, 0.3) is 0 Å². The molecule has 0 bridgehead atoms. The van der Waals surface area contributed by atoms with Crippen LogP contribution in [0.15, 0.2) is 115 Å². The van der Waals surface area contributed by atoms with Gasteiger partial charge in [0.2, 0.25) is 0 Å². The minimum absolute atomic E-state index is 0. The monoisotopic (exact) mass is 667 g/mol. The fraction of sp³-hybridized carbons (Fsp3) is 0.231. The van der Waals surface area contributed by atoms with E-state index in [0.29, 0.717) is 0 Å². The molecule has 6 rings (SSSR count). The van der Waals surface area contributed by atoms with E-state index in [9.17, 15) is 0 Å². The standard InChI is InChI=1S/C26H29.C13H10.2ClH.Zr/c1-25(2,3)19-11-12-20-18(15-19)16-22-21(20)13-14-23(26(4,5)6)24(22)17-9-7-8-10-17;1-3-7-12(8-4-1)11-13-9-5-2-6-10-13;;;/h7-9,11-16H,10H2,1-6H3;1-10H;2*1H;/q-1;;;;+2/p-2. The van der Waals surface area contributed by atoms with Gasteiger partial charge >= 0.3 is 99.2 Å². The van der Waals surface area contributed by atoms with Crippen molar-refractivity contribution in [2.24, 2.45) is 0 Å². The van der Waals surface area contributed by atoms with Crippen molar-refractivity contribution in [3.05, 3.63) is 143 Å². The molecule has 3 heteroatoms. The minimum atomic E-state index is 0. The zero-order chi connectivity index (χ0) is 28.5. The molecule has 0 radical (unpaired) electrons. The van der Waals surface area contributed by atoms with Crippen molar-refractivity contribution in [3.8, 4) is 0 Å². The maximum absolute atomic E-state index is 2.42. The van der Waals surface area contributed by atoms with Crippen molar-refractivity contribution < 1.29 is 49.0 Å². The summed E-state index contributed by atoms with van der Waals surface area (Å²) >= 11 is 1.46. The molecule has 0 saturated carbocycles. The van der Waals surface area contributed by atoms with Crippen LogP contribution in [-0.2, 0) is 35.1 Å². The second-order valence-corrected chi connectivity index (χ2v) is 14.1. The SMILES string of the molecule is CC(C)(C)c1ccc2c(c1)[cH-]c1c(C3=CC=CC3)c(C(C)(C)C)ccc12.[Cl-].[Cl-].[Zr+2]=[C](c1ccccc1)c1ccccc1. The second kappa shape index (κ2) is 13.9. The van der Waals surface area contributed by atoms with E-state index in [2.05, 4.69) is 157 Å². The fourth-order valence-electron chi connectivity index (χ4n) is 5.53. The van der Waals surface area contributed by atoms with Crippen LogP contribution in [0.3, 0.4) is 0 Å². The molecule has 0 saturated heterocycles. The van der Waals surface area contributed by atoms with Gasteiger partial charge in [0, 0.05) is 0 Å². The van der Waals surface area contributed by atoms with Crippen LogP contribution in [-0.4, -0.2) is 3.21 Å². The molecule has 0 atom stereocenters. The molecular formula is C39H39Cl2Zr-. The molecular weight excluding hydrogens is 631 g/mol. The second-order valence-electron chi connectivity index (χ2n) is 12.8. The number of rotatable bonds is 3. The Kier molecular flexibility index (Phi) is 11.3. The summed E-state index contributed by atoms with van der Waals surface area (Å²) in [4.78, 5) is 0. The van der Waals surface area contributed by atoms with Gasteiger partial charge in [-0.25, -0.2) is 0 Å². The van der Waals surface area contributed by atoms with Crippen LogP contribution >= 0.6 is 0 Å². The third kappa shape index (κ3) is 7.37. The third-order valence-electron chi connectivity index (χ3n) is 7.78. The molecule has 0 nitrogen and oxygen atoms in total. The van der Waals surface area contributed by atoms with Crippen molar-refractivity contribution in [3.63, 3.8) is 0 Å². The first kappa shape index (κ1) is 34.1. The van der Waals surface area contributed by atoms with Crippen molar-refractivity contribution in [2.75, 3.05) is 0 Å². The molecule has 1 aliphatic carbocycles. The Bertz CT molecular complexity index is 1680. The Hall–Kier alpha value is -2.44. The quantitative estimate of drug-likeness (QED) is 0.249. The van der Waals surface area contributed by atoms with E-state index >= 15 is 0 Å². The van der Waals surface area contributed by atoms with Gasteiger partial charge in [-0.15, -0.1) is 33.7 Å². The van der Waals surface area contributed by atoms with Crippen LogP contribution in [0, 0.1) is 0 Å². The van der Waals surface area contributed by atoms with E-state index in [1.165, 1.54) is 82.4 Å². The first-order valence-electron chi connectivity index (χ1n) is 14.3. The van der Waals surface area contributed by atoms with E-state index < -0.39 is 0 Å². The van der Waals surface area contributed by atoms with E-state index in [4.69, 9.17) is 0 Å². The molecule has 0 amide bonds. The Balaban J connectivity index is 0.000000258. The van der Waals surface area contributed by atoms with Gasteiger partial charge in [-0.05, 0) is 17.3 Å². The van der Waals surface area contributed by atoms with Crippen LogP contribution in [0.5, 0.6) is 0 Å². The maximum atomic E-state index is 2.42. The van der Waals surface area contributed by atoms with Crippen LogP contribution in [0.2, 0.25) is 0 Å². The predicted octanol–water partition coefficient (Wildman–Crippen LogP) is 4.46. The zero-order valence-electron chi connectivity index (χ0n) is 25.4. The number of benzene rings is 4. The first-order valence-corrected chi connectivity index (χ1v) is 15.5. The third-order valence-corrected chi connectivity index (χ3v) is 9.20. The molecule has 0 fully saturated rings. The van der Waals surface area contributed by atoms with Crippen LogP contribution in [0.25, 0.3) is 27.1 Å². The first-order chi connectivity index (χ1) is 19.0. The van der Waals surface area contributed by atoms with E-state index in [-0.39, 0.29) is 35.6 Å². The molecule has 0 unspecified atom stereocenters.